The van der Waals surface area contributed by atoms with Crippen molar-refractivity contribution in [2.24, 2.45) is 11.8 Å². The number of hydrogen-bond acceptors (Lipinski definition) is 6. The van der Waals surface area contributed by atoms with Crippen molar-refractivity contribution in [1.82, 2.24) is 9.97 Å². The third-order valence-electron chi connectivity index (χ3n) is 6.96. The number of nitrogens with one attached hydrogen (secondary N) is 1. The summed E-state index contributed by atoms with van der Waals surface area (Å²) in [6, 6.07) is 12.2. The van der Waals surface area contributed by atoms with E-state index in [-0.39, 0.29) is 0 Å². The van der Waals surface area contributed by atoms with E-state index in [1.54, 1.807) is 18.4 Å². The monoisotopic (exact) mass is 526 g/mol. The van der Waals surface area contributed by atoms with Gasteiger partial charge in [0.15, 0.2) is 0 Å². The van der Waals surface area contributed by atoms with Gasteiger partial charge in [0.1, 0.15) is 16.6 Å². The summed E-state index contributed by atoms with van der Waals surface area (Å²) in [7, 11) is 5.60. The lowest BCUT2D eigenvalue weighted by Gasteiger charge is -2.28. The van der Waals surface area contributed by atoms with E-state index in [0.29, 0.717) is 0 Å². The van der Waals surface area contributed by atoms with Gasteiger partial charge in [0.25, 0.3) is 0 Å². The molecule has 6 heteroatoms. The van der Waals surface area contributed by atoms with Gasteiger partial charge in [0, 0.05) is 24.4 Å². The Morgan fingerprint density at radius 2 is 1.59 bits per heavy atom. The minimum Gasteiger partial charge on any atom is -0.362 e. The zero-order valence-electron chi connectivity index (χ0n) is 24.3. The summed E-state index contributed by atoms with van der Waals surface area (Å²) in [4.78, 5) is 16.9. The van der Waals surface area contributed by atoms with Crippen LogP contribution in [0.3, 0.4) is 0 Å². The number of nitrogens with zero attached hydrogens (tertiary/aromatic N) is 3. The van der Waals surface area contributed by atoms with Crippen molar-refractivity contribution in [2.75, 3.05) is 31.6 Å². The van der Waals surface area contributed by atoms with Gasteiger partial charge < -0.3 is 4.90 Å². The highest BCUT2D eigenvalue weighted by molar-refractivity contribution is 7.16. The first-order valence-electron chi connectivity index (χ1n) is 14.2. The third kappa shape index (κ3) is 11.0. The van der Waals surface area contributed by atoms with Gasteiger partial charge in [0.05, 0.1) is 12.6 Å². The fourth-order valence-corrected chi connectivity index (χ4v) is 5.77. The second-order valence-corrected chi connectivity index (χ2v) is 11.4. The Morgan fingerprint density at radius 1 is 0.919 bits per heavy atom. The minimum atomic E-state index is 0.812. The second-order valence-electron chi connectivity index (χ2n) is 10.2. The molecule has 1 aliphatic rings. The fourth-order valence-electron chi connectivity index (χ4n) is 4.95. The molecule has 0 saturated heterocycles. The topological polar surface area (TPSA) is 50.3 Å². The van der Waals surface area contributed by atoms with Crippen LogP contribution in [0.5, 0.6) is 0 Å². The van der Waals surface area contributed by atoms with Crippen molar-refractivity contribution in [3.63, 3.8) is 0 Å². The highest BCUT2D eigenvalue weighted by Crippen LogP contribution is 2.33. The zero-order chi connectivity index (χ0) is 27.0. The molecule has 3 aromatic rings. The van der Waals surface area contributed by atoms with Crippen molar-refractivity contribution < 1.29 is 4.84 Å². The van der Waals surface area contributed by atoms with E-state index in [1.165, 1.54) is 62.7 Å². The quantitative estimate of drug-likeness (QED) is 0.282. The molecule has 37 heavy (non-hydrogen) atoms. The van der Waals surface area contributed by atoms with Crippen LogP contribution < -0.4 is 10.4 Å². The molecule has 1 saturated carbocycles. The molecular weight excluding hydrogens is 476 g/mol. The van der Waals surface area contributed by atoms with Crippen molar-refractivity contribution in [3.8, 4) is 0 Å². The van der Waals surface area contributed by atoms with Crippen molar-refractivity contribution >= 4 is 33.1 Å². The number of rotatable bonds is 9. The number of unbranched alkanes of at least 4 members (excludes halogenated alkanes) is 1. The maximum Gasteiger partial charge on any atom is 0.139 e. The van der Waals surface area contributed by atoms with Crippen LogP contribution in [0.4, 0.5) is 10.8 Å². The number of fused-ring (bicyclic) bond motifs is 1. The molecule has 0 aliphatic heterocycles. The summed E-state index contributed by atoms with van der Waals surface area (Å²) >= 11 is 1.72. The minimum absolute atomic E-state index is 0.812. The molecular formula is C31H50N4OS. The number of hydrogen-bond donors (Lipinski definition) is 1. The second kappa shape index (κ2) is 17.4. The lowest BCUT2D eigenvalue weighted by atomic mass is 9.78. The molecule has 0 bridgehead atoms. The van der Waals surface area contributed by atoms with Gasteiger partial charge in [0.2, 0.25) is 0 Å². The Hall–Kier alpha value is -2.18. The van der Waals surface area contributed by atoms with E-state index < -0.39 is 0 Å². The van der Waals surface area contributed by atoms with E-state index in [0.717, 1.165) is 45.8 Å². The lowest BCUT2D eigenvalue weighted by molar-refractivity contribution is 0.248. The van der Waals surface area contributed by atoms with Gasteiger partial charge in [-0.05, 0) is 49.4 Å². The molecule has 1 aliphatic carbocycles. The van der Waals surface area contributed by atoms with Crippen molar-refractivity contribution in [1.29, 1.82) is 0 Å². The Kier molecular flexibility index (Phi) is 14.6. The molecule has 5 nitrogen and oxygen atoms in total. The van der Waals surface area contributed by atoms with E-state index in [2.05, 4.69) is 42.3 Å². The highest BCUT2D eigenvalue weighted by atomic mass is 32.1. The van der Waals surface area contributed by atoms with Gasteiger partial charge in [-0.3, -0.25) is 10.3 Å². The average molecular weight is 527 g/mol. The average Bonchev–Trinajstić information content (AvgIpc) is 3.37. The maximum absolute atomic E-state index is 4.75. The van der Waals surface area contributed by atoms with Crippen LogP contribution in [0.2, 0.25) is 0 Å². The summed E-state index contributed by atoms with van der Waals surface area (Å²) in [6.45, 7) is 8.69. The number of anilines is 2. The molecule has 4 rings (SSSR count). The molecule has 0 unspecified atom stereocenters. The molecule has 2 heterocycles. The predicted molar refractivity (Wildman–Crippen MR) is 163 cm³/mol. The van der Waals surface area contributed by atoms with Gasteiger partial charge in [-0.1, -0.05) is 90.7 Å². The van der Waals surface area contributed by atoms with Crippen LogP contribution >= 0.6 is 11.3 Å². The van der Waals surface area contributed by atoms with Crippen LogP contribution in [0, 0.1) is 18.8 Å². The molecule has 0 atom stereocenters. The Balaban J connectivity index is 0.000000198. The third-order valence-corrected chi connectivity index (χ3v) is 8.09. The van der Waals surface area contributed by atoms with Crippen LogP contribution in [0.15, 0.2) is 36.4 Å². The molecule has 1 aromatic carbocycles. The molecule has 1 N–H and O–H groups in total. The first-order chi connectivity index (χ1) is 17.9. The van der Waals surface area contributed by atoms with Crippen molar-refractivity contribution in [2.45, 2.75) is 91.9 Å². The summed E-state index contributed by atoms with van der Waals surface area (Å²) in [5, 5.41) is 2.17. The first kappa shape index (κ1) is 31.0. The Labute approximate surface area is 230 Å². The number of aromatic nitrogens is 2. The maximum atomic E-state index is 4.75. The summed E-state index contributed by atoms with van der Waals surface area (Å²) in [5.41, 5.74) is 3.78. The van der Waals surface area contributed by atoms with Crippen molar-refractivity contribution in [3.05, 3.63) is 47.1 Å². The molecule has 0 amide bonds. The highest BCUT2D eigenvalue weighted by Gasteiger charge is 2.19. The largest absolute Gasteiger partial charge is 0.362 e. The smallest absolute Gasteiger partial charge is 0.139 e. The SMILES string of the molecule is CCCCC1CCC(CCC)CC1.CCc1ccc(NOC)s1.Cc1nc(N(C)C)c2ccccc2n1. The Morgan fingerprint density at radius 3 is 2.16 bits per heavy atom. The van der Waals surface area contributed by atoms with Crippen LogP contribution in [0.1, 0.15) is 89.3 Å². The predicted octanol–water partition coefficient (Wildman–Crippen LogP) is 9.07. The van der Waals surface area contributed by atoms with E-state index >= 15 is 0 Å². The lowest BCUT2D eigenvalue weighted by Crippen LogP contribution is -2.14. The van der Waals surface area contributed by atoms with Gasteiger partial charge in [-0.2, -0.15) is 0 Å². The number of thiophene rings is 1. The van der Waals surface area contributed by atoms with Gasteiger partial charge in [-0.25, -0.2) is 9.97 Å². The number of benzene rings is 1. The molecule has 0 radical (unpaired) electrons. The van der Waals surface area contributed by atoms with Crippen LogP contribution in [-0.4, -0.2) is 31.2 Å². The summed E-state index contributed by atoms with van der Waals surface area (Å²) < 4.78 is 0. The Bertz CT molecular complexity index is 1010. The van der Waals surface area contributed by atoms with Gasteiger partial charge in [-0.15, -0.1) is 11.3 Å². The van der Waals surface area contributed by atoms with Crippen LogP contribution in [0.25, 0.3) is 10.9 Å². The standard InChI is InChI=1S/C13H26.C11H13N3.C7H11NOS/c1-3-5-7-13-10-8-12(6-4-2)9-11-13;1-8-12-10-7-5-4-6-9(10)11(13-8)14(2)3;1-3-6-4-5-7(10-6)8-9-2/h12-13H,3-11H2,1-2H3;4-7H,1-3H3;4-5,8H,3H2,1-2H3. The normalized spacial score (nSPS) is 16.8. The van der Waals surface area contributed by atoms with Gasteiger partial charge >= 0.3 is 0 Å². The fraction of sp³-hybridized carbons (Fsp3) is 0.613. The van der Waals surface area contributed by atoms with Crippen LogP contribution in [-0.2, 0) is 11.3 Å². The number of aryl methyl sites for hydroxylation is 2. The van der Waals surface area contributed by atoms with E-state index in [9.17, 15) is 0 Å². The zero-order valence-corrected chi connectivity index (χ0v) is 25.2. The summed E-state index contributed by atoms with van der Waals surface area (Å²) in [5.74, 6) is 3.97. The summed E-state index contributed by atoms with van der Waals surface area (Å²) in [6.07, 6.45) is 14.5. The van der Waals surface area contributed by atoms with E-state index in [1.807, 2.05) is 56.3 Å². The molecule has 1 fully saturated rings. The number of para-hydroxylation sites is 1. The molecule has 2 aromatic heterocycles. The molecule has 0 spiro atoms. The molecule has 206 valence electrons. The first-order valence-corrected chi connectivity index (χ1v) is 15.0. The van der Waals surface area contributed by atoms with E-state index in [4.69, 9.17) is 4.84 Å².